The Balaban J connectivity index is 0.00000280. The molecule has 0 unspecified atom stereocenters. The average Bonchev–Trinajstić information content (AvgIpc) is 2.73. The Labute approximate surface area is 171 Å². The first-order chi connectivity index (χ1) is 13.2. The Bertz CT molecular complexity index is 882. The molecule has 0 aliphatic carbocycles. The Hall–Kier alpha value is -2.82. The van der Waals surface area contributed by atoms with Gasteiger partial charge in [-0.2, -0.15) is 0 Å². The highest BCUT2D eigenvalue weighted by molar-refractivity contribution is 5.85. The van der Waals surface area contributed by atoms with Crippen LogP contribution in [0.3, 0.4) is 0 Å². The fourth-order valence-electron chi connectivity index (χ4n) is 2.83. The summed E-state index contributed by atoms with van der Waals surface area (Å²) < 4.78 is 10.6. The Morgan fingerprint density at radius 3 is 2.29 bits per heavy atom. The number of benzene rings is 3. The smallest absolute Gasteiger partial charge is 0.322 e. The maximum Gasteiger partial charge on any atom is 0.322 e. The van der Waals surface area contributed by atoms with Gasteiger partial charge in [-0.3, -0.25) is 4.79 Å². The Kier molecular flexibility index (Phi) is 8.05. The van der Waals surface area contributed by atoms with Gasteiger partial charge >= 0.3 is 5.97 Å². The van der Waals surface area contributed by atoms with E-state index in [0.717, 1.165) is 28.0 Å². The molecule has 4 nitrogen and oxygen atoms in total. The lowest BCUT2D eigenvalue weighted by Gasteiger charge is -2.11. The highest BCUT2D eigenvalue weighted by Crippen LogP contribution is 2.25. The lowest BCUT2D eigenvalue weighted by atomic mass is 10.0. The molecule has 3 rings (SSSR count). The van der Waals surface area contributed by atoms with E-state index in [1.54, 1.807) is 0 Å². The number of ether oxygens (including phenoxy) is 2. The van der Waals surface area contributed by atoms with Crippen LogP contribution in [0.15, 0.2) is 78.9 Å². The van der Waals surface area contributed by atoms with Crippen LogP contribution >= 0.6 is 12.4 Å². The van der Waals surface area contributed by atoms with Crippen molar-refractivity contribution in [3.05, 3.63) is 90.0 Å². The number of halogens is 1. The summed E-state index contributed by atoms with van der Waals surface area (Å²) in [6.07, 6.45) is 0.452. The topological polar surface area (TPSA) is 61.5 Å². The molecule has 2 N–H and O–H groups in total. The summed E-state index contributed by atoms with van der Waals surface area (Å²) in [6, 6.07) is 25.5. The van der Waals surface area contributed by atoms with Gasteiger partial charge in [-0.25, -0.2) is 0 Å². The summed E-state index contributed by atoms with van der Waals surface area (Å²) in [6.45, 7) is 0.536. The Morgan fingerprint density at radius 2 is 1.61 bits per heavy atom. The molecule has 0 aliphatic heterocycles. The monoisotopic (exact) mass is 397 g/mol. The molecule has 5 heteroatoms. The predicted octanol–water partition coefficient (Wildman–Crippen LogP) is 4.40. The summed E-state index contributed by atoms with van der Waals surface area (Å²) in [5.41, 5.74) is 10.1. The second kappa shape index (κ2) is 10.5. The molecule has 0 aromatic heterocycles. The van der Waals surface area contributed by atoms with Gasteiger partial charge in [0.15, 0.2) is 0 Å². The zero-order chi connectivity index (χ0) is 19.1. The molecule has 0 heterocycles. The second-order valence-corrected chi connectivity index (χ2v) is 6.33. The number of methoxy groups -OCH3 is 1. The van der Waals surface area contributed by atoms with Crippen molar-refractivity contribution >= 4 is 18.4 Å². The fourth-order valence-corrected chi connectivity index (χ4v) is 2.83. The van der Waals surface area contributed by atoms with E-state index in [0.29, 0.717) is 13.0 Å². The lowest BCUT2D eigenvalue weighted by molar-refractivity contribution is -0.142. The summed E-state index contributed by atoms with van der Waals surface area (Å²) in [5, 5.41) is 0. The molecule has 0 amide bonds. The highest BCUT2D eigenvalue weighted by Gasteiger charge is 2.14. The quantitative estimate of drug-likeness (QED) is 0.600. The summed E-state index contributed by atoms with van der Waals surface area (Å²) in [5.74, 6) is 0.426. The molecule has 146 valence electrons. The van der Waals surface area contributed by atoms with Gasteiger partial charge in [0.2, 0.25) is 0 Å². The van der Waals surface area contributed by atoms with E-state index < -0.39 is 12.0 Å². The predicted molar refractivity (Wildman–Crippen MR) is 114 cm³/mol. The number of nitrogens with two attached hydrogens (primary N) is 1. The number of rotatable bonds is 7. The molecule has 0 aliphatic rings. The van der Waals surface area contributed by atoms with Crippen LogP contribution in [-0.4, -0.2) is 19.1 Å². The standard InChI is InChI=1S/C23H23NO3.ClH/c1-26-23(25)22(24)14-17-10-12-19(13-11-17)20-8-5-9-21(15-20)27-16-18-6-3-2-4-7-18;/h2-13,15,22H,14,16,24H2,1H3;1H/t22-;/m0./s1. The van der Waals surface area contributed by atoms with E-state index in [2.05, 4.69) is 4.74 Å². The van der Waals surface area contributed by atoms with E-state index in [-0.39, 0.29) is 12.4 Å². The molecule has 0 saturated heterocycles. The van der Waals surface area contributed by atoms with Crippen LogP contribution in [0.4, 0.5) is 0 Å². The normalized spacial score (nSPS) is 11.2. The zero-order valence-electron chi connectivity index (χ0n) is 15.7. The van der Waals surface area contributed by atoms with Crippen molar-refractivity contribution in [2.24, 2.45) is 5.73 Å². The van der Waals surface area contributed by atoms with E-state index in [9.17, 15) is 4.79 Å². The maximum atomic E-state index is 11.4. The zero-order valence-corrected chi connectivity index (χ0v) is 16.5. The molecule has 0 saturated carbocycles. The van der Waals surface area contributed by atoms with Gasteiger partial charge in [-0.1, -0.05) is 66.7 Å². The highest BCUT2D eigenvalue weighted by atomic mass is 35.5. The molecular formula is C23H24ClNO3. The minimum Gasteiger partial charge on any atom is -0.489 e. The number of hydrogen-bond acceptors (Lipinski definition) is 4. The van der Waals surface area contributed by atoms with Crippen LogP contribution in [0.25, 0.3) is 11.1 Å². The first kappa shape index (κ1) is 21.5. The van der Waals surface area contributed by atoms with Crippen molar-refractivity contribution in [2.75, 3.05) is 7.11 Å². The summed E-state index contributed by atoms with van der Waals surface area (Å²) in [4.78, 5) is 11.4. The molecular weight excluding hydrogens is 374 g/mol. The van der Waals surface area contributed by atoms with E-state index >= 15 is 0 Å². The van der Waals surface area contributed by atoms with Crippen LogP contribution in [-0.2, 0) is 22.6 Å². The molecule has 0 bridgehead atoms. The van der Waals surface area contributed by atoms with Crippen LogP contribution in [0, 0.1) is 0 Å². The number of carbonyl (C=O) groups excluding carboxylic acids is 1. The van der Waals surface area contributed by atoms with Crippen molar-refractivity contribution in [3.8, 4) is 16.9 Å². The fraction of sp³-hybridized carbons (Fsp3) is 0.174. The third-order valence-corrected chi connectivity index (χ3v) is 4.33. The SMILES string of the molecule is COC(=O)[C@@H](N)Cc1ccc(-c2cccc(OCc3ccccc3)c2)cc1.Cl. The maximum absolute atomic E-state index is 11.4. The van der Waals surface area contributed by atoms with Crippen molar-refractivity contribution in [3.63, 3.8) is 0 Å². The third-order valence-electron chi connectivity index (χ3n) is 4.33. The molecule has 0 fully saturated rings. The van der Waals surface area contributed by atoms with Crippen LogP contribution < -0.4 is 10.5 Å². The third kappa shape index (κ3) is 5.84. The summed E-state index contributed by atoms with van der Waals surface area (Å²) >= 11 is 0. The van der Waals surface area contributed by atoms with Crippen molar-refractivity contribution in [1.82, 2.24) is 0 Å². The number of hydrogen-bond donors (Lipinski definition) is 1. The van der Waals surface area contributed by atoms with Crippen molar-refractivity contribution in [2.45, 2.75) is 19.1 Å². The van der Waals surface area contributed by atoms with Crippen LogP contribution in [0.5, 0.6) is 5.75 Å². The molecule has 0 spiro atoms. The van der Waals surface area contributed by atoms with Crippen LogP contribution in [0.1, 0.15) is 11.1 Å². The number of carbonyl (C=O) groups is 1. The van der Waals surface area contributed by atoms with Gasteiger partial charge < -0.3 is 15.2 Å². The minimum atomic E-state index is -0.643. The molecule has 1 atom stereocenters. The summed E-state index contributed by atoms with van der Waals surface area (Å²) in [7, 11) is 1.35. The van der Waals surface area contributed by atoms with Gasteiger partial charge in [-0.15, -0.1) is 12.4 Å². The minimum absolute atomic E-state index is 0. The van der Waals surface area contributed by atoms with Gasteiger partial charge in [-0.05, 0) is 40.8 Å². The second-order valence-electron chi connectivity index (χ2n) is 6.33. The van der Waals surface area contributed by atoms with Crippen molar-refractivity contribution in [1.29, 1.82) is 0 Å². The molecule has 3 aromatic rings. The first-order valence-corrected chi connectivity index (χ1v) is 8.85. The Morgan fingerprint density at radius 1 is 0.893 bits per heavy atom. The van der Waals surface area contributed by atoms with Gasteiger partial charge in [0.05, 0.1) is 7.11 Å². The molecule has 28 heavy (non-hydrogen) atoms. The van der Waals surface area contributed by atoms with E-state index in [4.69, 9.17) is 10.5 Å². The first-order valence-electron chi connectivity index (χ1n) is 8.85. The largest absolute Gasteiger partial charge is 0.489 e. The van der Waals surface area contributed by atoms with Gasteiger partial charge in [0.25, 0.3) is 0 Å². The average molecular weight is 398 g/mol. The van der Waals surface area contributed by atoms with E-state index in [1.807, 2.05) is 78.9 Å². The van der Waals surface area contributed by atoms with Crippen molar-refractivity contribution < 1.29 is 14.3 Å². The van der Waals surface area contributed by atoms with Crippen LogP contribution in [0.2, 0.25) is 0 Å². The lowest BCUT2D eigenvalue weighted by Crippen LogP contribution is -2.33. The van der Waals surface area contributed by atoms with Gasteiger partial charge in [0, 0.05) is 0 Å². The van der Waals surface area contributed by atoms with Gasteiger partial charge in [0.1, 0.15) is 18.4 Å². The van der Waals surface area contributed by atoms with E-state index in [1.165, 1.54) is 7.11 Å². The molecule has 3 aromatic carbocycles. The molecule has 0 radical (unpaired) electrons. The number of esters is 1.